The molecule has 6 nitrogen and oxygen atoms in total. The number of carbonyl (C=O) groups excluding carboxylic acids is 4. The summed E-state index contributed by atoms with van der Waals surface area (Å²) in [6.07, 6.45) is 4.92. The highest BCUT2D eigenvalue weighted by atomic mass is 35.5. The van der Waals surface area contributed by atoms with Crippen LogP contribution in [0.25, 0.3) is 0 Å². The molecule has 4 rings (SSSR count). The van der Waals surface area contributed by atoms with Gasteiger partial charge in [0.15, 0.2) is 0 Å². The summed E-state index contributed by atoms with van der Waals surface area (Å²) in [5.41, 5.74) is 0.989. The van der Waals surface area contributed by atoms with E-state index in [-0.39, 0.29) is 10.1 Å². The first-order chi connectivity index (χ1) is 16.4. The number of halogens is 2. The number of nitrogens with zero attached hydrogens (tertiary/aromatic N) is 2. The molecule has 0 atom stereocenters. The van der Waals surface area contributed by atoms with E-state index in [1.807, 2.05) is 35.7 Å². The van der Waals surface area contributed by atoms with E-state index in [0.717, 1.165) is 31.7 Å². The Kier molecular flexibility index (Phi) is 7.63. The summed E-state index contributed by atoms with van der Waals surface area (Å²) in [6, 6.07) is 14.3. The van der Waals surface area contributed by atoms with Crippen molar-refractivity contribution in [3.63, 3.8) is 0 Å². The molecule has 0 saturated heterocycles. The maximum Gasteiger partial charge on any atom is 0.277 e. The minimum Gasteiger partial charge on any atom is -0.269 e. The molecule has 2 aliphatic rings. The molecule has 34 heavy (non-hydrogen) atoms. The molecule has 172 valence electrons. The van der Waals surface area contributed by atoms with Gasteiger partial charge in [0.1, 0.15) is 10.1 Å². The van der Waals surface area contributed by atoms with Crippen LogP contribution in [0.2, 0.25) is 0 Å². The molecular weight excluding hydrogens is 515 g/mol. The van der Waals surface area contributed by atoms with Gasteiger partial charge in [-0.2, -0.15) is 0 Å². The highest BCUT2D eigenvalue weighted by Gasteiger charge is 2.33. The number of hydrogen-bond donors (Lipinski definition) is 0. The lowest BCUT2D eigenvalue weighted by Gasteiger charge is -2.17. The number of rotatable bonds is 8. The van der Waals surface area contributed by atoms with Crippen molar-refractivity contribution in [2.45, 2.75) is 16.2 Å². The van der Waals surface area contributed by atoms with Gasteiger partial charge in [-0.25, -0.2) is 9.80 Å². The maximum absolute atomic E-state index is 12.2. The smallest absolute Gasteiger partial charge is 0.269 e. The number of imide groups is 2. The molecule has 0 unspecified atom stereocenters. The quantitative estimate of drug-likeness (QED) is 0.256. The van der Waals surface area contributed by atoms with E-state index in [0.29, 0.717) is 23.5 Å². The average molecular weight is 531 g/mol. The van der Waals surface area contributed by atoms with Gasteiger partial charge in [0.2, 0.25) is 0 Å². The first kappa shape index (κ1) is 24.3. The van der Waals surface area contributed by atoms with Crippen LogP contribution in [0.3, 0.4) is 0 Å². The molecule has 10 heteroatoms. The van der Waals surface area contributed by atoms with Gasteiger partial charge in [-0.3, -0.25) is 19.2 Å². The van der Waals surface area contributed by atoms with Crippen LogP contribution in [0.4, 0.5) is 11.4 Å². The second-order valence-electron chi connectivity index (χ2n) is 7.00. The highest BCUT2D eigenvalue weighted by molar-refractivity contribution is 8.02. The zero-order valence-corrected chi connectivity index (χ0v) is 20.6. The maximum atomic E-state index is 12.2. The molecule has 0 aromatic heterocycles. The van der Waals surface area contributed by atoms with Crippen LogP contribution in [0.15, 0.2) is 92.0 Å². The average Bonchev–Trinajstić information content (AvgIpc) is 3.23. The lowest BCUT2D eigenvalue weighted by atomic mass is 10.3. The molecule has 0 radical (unpaired) electrons. The van der Waals surface area contributed by atoms with Crippen LogP contribution in [0.5, 0.6) is 0 Å². The van der Waals surface area contributed by atoms with Crippen LogP contribution >= 0.6 is 46.7 Å². The Morgan fingerprint density at radius 3 is 1.76 bits per heavy atom. The number of anilines is 2. The van der Waals surface area contributed by atoms with E-state index in [9.17, 15) is 19.2 Å². The third kappa shape index (κ3) is 5.00. The summed E-state index contributed by atoms with van der Waals surface area (Å²) < 4.78 is 0. The van der Waals surface area contributed by atoms with Crippen LogP contribution in [0.1, 0.15) is 6.42 Å². The fourth-order valence-electron chi connectivity index (χ4n) is 3.27. The van der Waals surface area contributed by atoms with Crippen molar-refractivity contribution in [2.24, 2.45) is 0 Å². The Balaban J connectivity index is 1.36. The SMILES string of the molecule is O=C1C=C(Cl)C(=O)N1c1ccccc1SC=CCCSc1ccccc1N1C(=O)C=C(Cl)C1=O. The van der Waals surface area contributed by atoms with Crippen molar-refractivity contribution in [3.8, 4) is 0 Å². The number of carbonyl (C=O) groups is 4. The second kappa shape index (κ2) is 10.7. The van der Waals surface area contributed by atoms with Crippen molar-refractivity contribution in [1.82, 2.24) is 0 Å². The Bertz CT molecular complexity index is 1290. The predicted molar refractivity (Wildman–Crippen MR) is 136 cm³/mol. The second-order valence-corrected chi connectivity index (χ2v) is 9.90. The fourth-order valence-corrected chi connectivity index (χ4v) is 5.40. The molecule has 2 aliphatic heterocycles. The van der Waals surface area contributed by atoms with E-state index < -0.39 is 23.6 Å². The van der Waals surface area contributed by atoms with Crippen molar-refractivity contribution in [3.05, 3.63) is 82.2 Å². The monoisotopic (exact) mass is 530 g/mol. The number of para-hydroxylation sites is 2. The largest absolute Gasteiger partial charge is 0.277 e. The van der Waals surface area contributed by atoms with E-state index >= 15 is 0 Å². The molecule has 2 aromatic rings. The number of benzene rings is 2. The van der Waals surface area contributed by atoms with Gasteiger partial charge in [0.25, 0.3) is 23.6 Å². The minimum atomic E-state index is -0.537. The third-order valence-electron chi connectivity index (χ3n) is 4.80. The third-order valence-corrected chi connectivity index (χ3v) is 7.37. The fraction of sp³-hybridized carbons (Fsp3) is 0.0833. The van der Waals surface area contributed by atoms with Crippen molar-refractivity contribution < 1.29 is 19.2 Å². The zero-order chi connectivity index (χ0) is 24.2. The summed E-state index contributed by atoms with van der Waals surface area (Å²) in [7, 11) is 0. The lowest BCUT2D eigenvalue weighted by molar-refractivity contribution is -0.121. The molecule has 2 heterocycles. The van der Waals surface area contributed by atoms with Crippen molar-refractivity contribution >= 4 is 81.7 Å². The van der Waals surface area contributed by atoms with Gasteiger partial charge < -0.3 is 0 Å². The number of thioether (sulfide) groups is 2. The van der Waals surface area contributed by atoms with Gasteiger partial charge >= 0.3 is 0 Å². The van der Waals surface area contributed by atoms with E-state index in [1.54, 1.807) is 24.3 Å². The van der Waals surface area contributed by atoms with E-state index in [2.05, 4.69) is 0 Å². The van der Waals surface area contributed by atoms with E-state index in [1.165, 1.54) is 23.5 Å². The lowest BCUT2D eigenvalue weighted by Crippen LogP contribution is -2.30. The van der Waals surface area contributed by atoms with Crippen LogP contribution in [0, 0.1) is 0 Å². The molecule has 0 saturated carbocycles. The predicted octanol–water partition coefficient (Wildman–Crippen LogP) is 5.47. The van der Waals surface area contributed by atoms with Crippen molar-refractivity contribution in [1.29, 1.82) is 0 Å². The van der Waals surface area contributed by atoms with Gasteiger partial charge in [-0.05, 0) is 36.1 Å². The summed E-state index contributed by atoms with van der Waals surface area (Å²) in [6.45, 7) is 0. The number of hydrogen-bond acceptors (Lipinski definition) is 6. The summed E-state index contributed by atoms with van der Waals surface area (Å²) in [5.74, 6) is -1.28. The van der Waals surface area contributed by atoms with E-state index in [4.69, 9.17) is 23.2 Å². The molecular formula is C24H16Cl2N2O4S2. The van der Waals surface area contributed by atoms with Crippen LogP contribution in [-0.4, -0.2) is 29.4 Å². The Labute approximate surface area is 214 Å². The van der Waals surface area contributed by atoms with Crippen molar-refractivity contribution in [2.75, 3.05) is 15.6 Å². The Morgan fingerprint density at radius 2 is 1.24 bits per heavy atom. The normalized spacial score (nSPS) is 16.2. The molecule has 2 aromatic carbocycles. The van der Waals surface area contributed by atoms with Gasteiger partial charge in [0.05, 0.1) is 11.4 Å². The molecule has 0 aliphatic carbocycles. The van der Waals surface area contributed by atoms with Gasteiger partial charge in [-0.1, -0.05) is 65.3 Å². The number of allylic oxidation sites excluding steroid dienone is 1. The summed E-state index contributed by atoms with van der Waals surface area (Å²) in [4.78, 5) is 52.4. The molecule has 0 bridgehead atoms. The number of amides is 4. The molecule has 0 fully saturated rings. The Hall–Kier alpha value is -2.78. The Morgan fingerprint density at radius 1 is 0.735 bits per heavy atom. The minimum absolute atomic E-state index is 0.0968. The summed E-state index contributed by atoms with van der Waals surface area (Å²) >= 11 is 14.5. The topological polar surface area (TPSA) is 74.8 Å². The van der Waals surface area contributed by atoms with Crippen LogP contribution in [-0.2, 0) is 19.2 Å². The molecule has 4 amide bonds. The van der Waals surface area contributed by atoms with Gasteiger partial charge in [-0.15, -0.1) is 11.8 Å². The van der Waals surface area contributed by atoms with Crippen LogP contribution < -0.4 is 9.80 Å². The summed E-state index contributed by atoms with van der Waals surface area (Å²) in [5, 5.41) is 1.69. The first-order valence-corrected chi connectivity index (χ1v) is 12.6. The standard InChI is InChI=1S/C24H16Cl2N2O4S2/c25-15-13-21(29)27(23(15)31)17-7-1-3-9-19(17)33-11-5-6-12-34-20-10-4-2-8-18(20)28-22(30)14-16(26)24(28)32/h1-5,7-11,13-14H,6,12H2. The zero-order valence-electron chi connectivity index (χ0n) is 17.4. The molecule has 0 spiro atoms. The highest BCUT2D eigenvalue weighted by Crippen LogP contribution is 2.36. The molecule has 0 N–H and O–H groups in total. The van der Waals surface area contributed by atoms with Gasteiger partial charge in [0, 0.05) is 27.7 Å². The first-order valence-electron chi connectivity index (χ1n) is 10.0.